The second kappa shape index (κ2) is 3.57. The molecule has 1 rings (SSSR count). The molecule has 5 heteroatoms. The van der Waals surface area contributed by atoms with Gasteiger partial charge in [0.25, 0.3) is 0 Å². The van der Waals surface area contributed by atoms with Gasteiger partial charge in [-0.05, 0) is 19.4 Å². The number of hydrogen-bond donors (Lipinski definition) is 3. The third-order valence-electron chi connectivity index (χ3n) is 2.02. The Morgan fingerprint density at radius 3 is 2.69 bits per heavy atom. The summed E-state index contributed by atoms with van der Waals surface area (Å²) in [5.41, 5.74) is 8.00. The van der Waals surface area contributed by atoms with Crippen LogP contribution in [0.5, 0.6) is 0 Å². The van der Waals surface area contributed by atoms with Gasteiger partial charge in [-0.15, -0.1) is 0 Å². The number of aryl methyl sites for hydroxylation is 2. The summed E-state index contributed by atoms with van der Waals surface area (Å²) in [6, 6.07) is -0.852. The number of carboxylic acids is 1. The number of carbonyl (C=O) groups is 1. The molecule has 0 aromatic carbocycles. The molecule has 0 radical (unpaired) electrons. The average molecular weight is 183 g/mol. The number of aromatic amines is 1. The van der Waals surface area contributed by atoms with Crippen LogP contribution in [-0.2, 0) is 11.2 Å². The molecule has 0 aliphatic rings. The van der Waals surface area contributed by atoms with Gasteiger partial charge in [0, 0.05) is 12.1 Å². The quantitative estimate of drug-likeness (QED) is 0.614. The number of nitrogens with two attached hydrogens (primary N) is 1. The van der Waals surface area contributed by atoms with Gasteiger partial charge in [-0.2, -0.15) is 5.10 Å². The van der Waals surface area contributed by atoms with Crippen molar-refractivity contribution >= 4 is 5.97 Å². The molecule has 13 heavy (non-hydrogen) atoms. The first-order valence-corrected chi connectivity index (χ1v) is 4.01. The molecule has 0 fully saturated rings. The Balaban J connectivity index is 2.79. The first-order chi connectivity index (χ1) is 6.02. The van der Waals surface area contributed by atoms with E-state index in [2.05, 4.69) is 10.2 Å². The maximum atomic E-state index is 10.5. The van der Waals surface area contributed by atoms with Crippen molar-refractivity contribution in [1.82, 2.24) is 10.2 Å². The largest absolute Gasteiger partial charge is 0.480 e. The molecule has 1 heterocycles. The lowest BCUT2D eigenvalue weighted by Gasteiger charge is -2.05. The van der Waals surface area contributed by atoms with Gasteiger partial charge >= 0.3 is 5.97 Å². The summed E-state index contributed by atoms with van der Waals surface area (Å²) in [5, 5.41) is 15.3. The molecular formula is C8H13N3O2. The number of aliphatic carboxylic acids is 1. The van der Waals surface area contributed by atoms with Crippen molar-refractivity contribution in [2.75, 3.05) is 0 Å². The van der Waals surface area contributed by atoms with Crippen LogP contribution in [0.25, 0.3) is 0 Å². The summed E-state index contributed by atoms with van der Waals surface area (Å²) in [7, 11) is 0. The summed E-state index contributed by atoms with van der Waals surface area (Å²) < 4.78 is 0. The van der Waals surface area contributed by atoms with E-state index in [1.807, 2.05) is 13.8 Å². The molecule has 0 amide bonds. The Labute approximate surface area is 75.9 Å². The van der Waals surface area contributed by atoms with Gasteiger partial charge in [0.05, 0.1) is 5.69 Å². The second-order valence-corrected chi connectivity index (χ2v) is 3.06. The van der Waals surface area contributed by atoms with E-state index in [1.165, 1.54) is 0 Å². The SMILES string of the molecule is Cc1n[nH]c(C)c1CC(N)C(=O)O. The zero-order valence-electron chi connectivity index (χ0n) is 7.66. The summed E-state index contributed by atoms with van der Waals surface area (Å²) >= 11 is 0. The highest BCUT2D eigenvalue weighted by Gasteiger charge is 2.16. The summed E-state index contributed by atoms with van der Waals surface area (Å²) in [6.45, 7) is 3.68. The minimum Gasteiger partial charge on any atom is -0.480 e. The number of nitrogens with zero attached hydrogens (tertiary/aromatic N) is 1. The minimum atomic E-state index is -0.986. The van der Waals surface area contributed by atoms with E-state index in [4.69, 9.17) is 10.8 Å². The van der Waals surface area contributed by atoms with Crippen molar-refractivity contribution in [3.05, 3.63) is 17.0 Å². The monoisotopic (exact) mass is 183 g/mol. The van der Waals surface area contributed by atoms with Crippen molar-refractivity contribution in [1.29, 1.82) is 0 Å². The van der Waals surface area contributed by atoms with E-state index in [0.29, 0.717) is 6.42 Å². The predicted molar refractivity (Wildman–Crippen MR) is 47.4 cm³/mol. The minimum absolute atomic E-state index is 0.323. The van der Waals surface area contributed by atoms with E-state index >= 15 is 0 Å². The number of H-pyrrole nitrogens is 1. The highest BCUT2D eigenvalue weighted by Crippen LogP contribution is 2.11. The van der Waals surface area contributed by atoms with E-state index in [9.17, 15) is 4.79 Å². The smallest absolute Gasteiger partial charge is 0.320 e. The van der Waals surface area contributed by atoms with Crippen LogP contribution in [0.3, 0.4) is 0 Å². The van der Waals surface area contributed by atoms with Gasteiger partial charge in [-0.1, -0.05) is 0 Å². The fourth-order valence-corrected chi connectivity index (χ4v) is 1.18. The van der Waals surface area contributed by atoms with Crippen LogP contribution in [0.2, 0.25) is 0 Å². The van der Waals surface area contributed by atoms with Gasteiger partial charge in [0.2, 0.25) is 0 Å². The Morgan fingerprint density at radius 2 is 2.31 bits per heavy atom. The molecule has 0 aliphatic heterocycles. The van der Waals surface area contributed by atoms with Crippen LogP contribution in [-0.4, -0.2) is 27.3 Å². The number of aromatic nitrogens is 2. The lowest BCUT2D eigenvalue weighted by molar-refractivity contribution is -0.138. The highest BCUT2D eigenvalue weighted by molar-refractivity contribution is 5.73. The van der Waals surface area contributed by atoms with Crippen molar-refractivity contribution < 1.29 is 9.90 Å². The molecule has 4 N–H and O–H groups in total. The van der Waals surface area contributed by atoms with Crippen molar-refractivity contribution in [3.8, 4) is 0 Å². The fraction of sp³-hybridized carbons (Fsp3) is 0.500. The van der Waals surface area contributed by atoms with E-state index in [1.54, 1.807) is 0 Å². The lowest BCUT2D eigenvalue weighted by atomic mass is 10.1. The lowest BCUT2D eigenvalue weighted by Crippen LogP contribution is -2.32. The molecule has 72 valence electrons. The van der Waals surface area contributed by atoms with E-state index in [0.717, 1.165) is 17.0 Å². The van der Waals surface area contributed by atoms with Crippen molar-refractivity contribution in [3.63, 3.8) is 0 Å². The molecular weight excluding hydrogens is 170 g/mol. The van der Waals surface area contributed by atoms with Crippen LogP contribution in [0.15, 0.2) is 0 Å². The Kier molecular flexibility index (Phi) is 2.67. The standard InChI is InChI=1S/C8H13N3O2/c1-4-6(5(2)11-10-4)3-7(9)8(12)13/h7H,3,9H2,1-2H3,(H,10,11)(H,12,13). The Bertz CT molecular complexity index is 300. The van der Waals surface area contributed by atoms with Crippen LogP contribution < -0.4 is 5.73 Å². The molecule has 0 saturated carbocycles. The molecule has 0 saturated heterocycles. The molecule has 1 unspecified atom stereocenters. The third kappa shape index (κ3) is 2.06. The summed E-state index contributed by atoms with van der Waals surface area (Å²) in [6.07, 6.45) is 0.323. The number of nitrogens with one attached hydrogen (secondary N) is 1. The van der Waals surface area contributed by atoms with Gasteiger partial charge in [-0.25, -0.2) is 0 Å². The summed E-state index contributed by atoms with van der Waals surface area (Å²) in [4.78, 5) is 10.5. The number of carboxylic acid groups (broad SMARTS) is 1. The second-order valence-electron chi connectivity index (χ2n) is 3.06. The Morgan fingerprint density at radius 1 is 1.69 bits per heavy atom. The first kappa shape index (κ1) is 9.73. The topological polar surface area (TPSA) is 92.0 Å². The normalized spacial score (nSPS) is 12.8. The predicted octanol–water partition coefficient (Wildman–Crippen LogP) is -0.0191. The van der Waals surface area contributed by atoms with Crippen LogP contribution in [0, 0.1) is 13.8 Å². The Hall–Kier alpha value is -1.36. The molecule has 0 bridgehead atoms. The van der Waals surface area contributed by atoms with Crippen LogP contribution in [0.4, 0.5) is 0 Å². The van der Waals surface area contributed by atoms with E-state index in [-0.39, 0.29) is 0 Å². The molecule has 1 atom stereocenters. The maximum Gasteiger partial charge on any atom is 0.320 e. The molecule has 1 aromatic rings. The van der Waals surface area contributed by atoms with Crippen LogP contribution in [0.1, 0.15) is 17.0 Å². The molecule has 0 spiro atoms. The molecule has 1 aromatic heterocycles. The molecule has 5 nitrogen and oxygen atoms in total. The van der Waals surface area contributed by atoms with E-state index < -0.39 is 12.0 Å². The first-order valence-electron chi connectivity index (χ1n) is 4.01. The number of rotatable bonds is 3. The number of hydrogen-bond acceptors (Lipinski definition) is 3. The van der Waals surface area contributed by atoms with Gasteiger partial charge in [-0.3, -0.25) is 9.89 Å². The summed E-state index contributed by atoms with van der Waals surface area (Å²) in [5.74, 6) is -0.986. The van der Waals surface area contributed by atoms with Gasteiger partial charge in [0.1, 0.15) is 6.04 Å². The van der Waals surface area contributed by atoms with Crippen molar-refractivity contribution in [2.45, 2.75) is 26.3 Å². The zero-order chi connectivity index (χ0) is 10.0. The third-order valence-corrected chi connectivity index (χ3v) is 2.02. The van der Waals surface area contributed by atoms with Gasteiger partial charge in [0.15, 0.2) is 0 Å². The van der Waals surface area contributed by atoms with Gasteiger partial charge < -0.3 is 10.8 Å². The highest BCUT2D eigenvalue weighted by atomic mass is 16.4. The fourth-order valence-electron chi connectivity index (χ4n) is 1.18. The zero-order valence-corrected chi connectivity index (χ0v) is 7.66. The maximum absolute atomic E-state index is 10.5. The average Bonchev–Trinajstić information content (AvgIpc) is 2.35. The molecule has 0 aliphatic carbocycles. The van der Waals surface area contributed by atoms with Crippen molar-refractivity contribution in [2.24, 2.45) is 5.73 Å². The van der Waals surface area contributed by atoms with Crippen LogP contribution >= 0.6 is 0 Å².